The number of halogens is 5. The number of carbonyl (C=O) groups excluding carboxylic acids is 1. The molecule has 2 aromatic rings. The number of nitrogens with zero attached hydrogens (tertiary/aromatic N) is 4. The summed E-state index contributed by atoms with van der Waals surface area (Å²) in [6, 6.07) is 3.30. The van der Waals surface area contributed by atoms with Crippen LogP contribution in [0.15, 0.2) is 45.8 Å². The van der Waals surface area contributed by atoms with E-state index in [2.05, 4.69) is 27.0 Å². The Bertz CT molecular complexity index is 1130. The minimum absolute atomic E-state index is 0.0102. The van der Waals surface area contributed by atoms with Gasteiger partial charge >= 0.3 is 0 Å². The molecule has 13 heteroatoms. The van der Waals surface area contributed by atoms with E-state index < -0.39 is 30.2 Å². The second-order valence-corrected chi connectivity index (χ2v) is 9.57. The van der Waals surface area contributed by atoms with E-state index in [0.717, 1.165) is 17.4 Å². The highest BCUT2D eigenvalue weighted by Crippen LogP contribution is 2.35. The van der Waals surface area contributed by atoms with E-state index in [1.165, 1.54) is 30.8 Å². The quantitative estimate of drug-likeness (QED) is 0.209. The predicted molar refractivity (Wildman–Crippen MR) is 136 cm³/mol. The van der Waals surface area contributed by atoms with E-state index in [0.29, 0.717) is 30.8 Å². The highest BCUT2D eigenvalue weighted by Gasteiger charge is 2.32. The second kappa shape index (κ2) is 13.6. The highest BCUT2D eigenvalue weighted by molar-refractivity contribution is 7.09. The number of benzene rings is 1. The number of aliphatic imine (C=N–C) groups is 2. The largest absolute Gasteiger partial charge is 0.476 e. The number of hydrogen-bond donors (Lipinski definition) is 1. The Morgan fingerprint density at radius 3 is 2.76 bits per heavy atom. The van der Waals surface area contributed by atoms with Crippen molar-refractivity contribution in [1.29, 1.82) is 0 Å². The third kappa shape index (κ3) is 7.83. The molecule has 1 aromatic carbocycles. The topological polar surface area (TPSA) is 79.2 Å². The summed E-state index contributed by atoms with van der Waals surface area (Å²) >= 11 is 7.07. The number of carbonyl (C=O) groups is 1. The van der Waals surface area contributed by atoms with Crippen LogP contribution in [0.5, 0.6) is 0 Å². The number of likely N-dealkylation sites (tertiary alicyclic amines) is 1. The van der Waals surface area contributed by atoms with E-state index in [4.69, 9.17) is 16.3 Å². The molecule has 2 heterocycles. The zero-order chi connectivity index (χ0) is 26.9. The summed E-state index contributed by atoms with van der Waals surface area (Å²) < 4.78 is 60.2. The minimum Gasteiger partial charge on any atom is -0.476 e. The number of piperidine rings is 1. The van der Waals surface area contributed by atoms with Gasteiger partial charge in [0.1, 0.15) is 11.5 Å². The number of aromatic nitrogens is 1. The lowest BCUT2D eigenvalue weighted by atomic mass is 9.96. The molecule has 0 bridgehead atoms. The van der Waals surface area contributed by atoms with Crippen LogP contribution >= 0.6 is 22.9 Å². The molecule has 1 aliphatic rings. The van der Waals surface area contributed by atoms with E-state index in [9.17, 15) is 22.4 Å². The van der Waals surface area contributed by atoms with Crippen LogP contribution in [0, 0.1) is 11.7 Å². The van der Waals surface area contributed by atoms with Crippen LogP contribution in [0.1, 0.15) is 53.2 Å². The van der Waals surface area contributed by atoms with E-state index in [1.54, 1.807) is 0 Å². The summed E-state index contributed by atoms with van der Waals surface area (Å²) in [6.45, 7) is 5.75. The van der Waals surface area contributed by atoms with Gasteiger partial charge in [0.15, 0.2) is 5.97 Å². The van der Waals surface area contributed by atoms with Crippen molar-refractivity contribution in [3.8, 4) is 0 Å². The zero-order valence-electron chi connectivity index (χ0n) is 20.0. The number of alkyl halides is 2. The van der Waals surface area contributed by atoms with Gasteiger partial charge in [0.25, 0.3) is 12.3 Å². The lowest BCUT2D eigenvalue weighted by Crippen LogP contribution is -2.43. The van der Waals surface area contributed by atoms with Crippen LogP contribution in [0.2, 0.25) is 5.02 Å². The molecule has 0 saturated carbocycles. The number of thiazole rings is 1. The highest BCUT2D eigenvalue weighted by atomic mass is 35.5. The van der Waals surface area contributed by atoms with Crippen molar-refractivity contribution in [3.63, 3.8) is 0 Å². The van der Waals surface area contributed by atoms with Crippen molar-refractivity contribution in [2.75, 3.05) is 26.2 Å². The Hall–Kier alpha value is -2.83. The molecule has 1 aromatic heterocycles. The molecule has 0 radical (unpaired) electrons. The molecule has 0 aliphatic carbocycles. The molecule has 37 heavy (non-hydrogen) atoms. The first kappa shape index (κ1) is 28.7. The predicted octanol–water partition coefficient (Wildman–Crippen LogP) is 5.96. The van der Waals surface area contributed by atoms with E-state index >= 15 is 0 Å². The third-order valence-electron chi connectivity index (χ3n) is 5.80. The summed E-state index contributed by atoms with van der Waals surface area (Å²) in [5, 5.41) is 2.60. The van der Waals surface area contributed by atoms with Gasteiger partial charge in [0.2, 0.25) is 5.88 Å². The molecule has 1 N–H and O–H groups in total. The average Bonchev–Trinajstić information content (AvgIpc) is 3.33. The van der Waals surface area contributed by atoms with Gasteiger partial charge in [-0.15, -0.1) is 11.3 Å². The van der Waals surface area contributed by atoms with Crippen molar-refractivity contribution in [2.24, 2.45) is 15.9 Å². The van der Waals surface area contributed by atoms with Crippen molar-refractivity contribution >= 4 is 41.5 Å². The van der Waals surface area contributed by atoms with Gasteiger partial charge < -0.3 is 10.1 Å². The van der Waals surface area contributed by atoms with Crippen LogP contribution in [0.3, 0.4) is 0 Å². The third-order valence-corrected chi connectivity index (χ3v) is 7.06. The summed E-state index contributed by atoms with van der Waals surface area (Å²) in [5.41, 5.74) is 0.695. The SMILES string of the molecule is C=N/C=C(\N=C(/C)F)OCC1CCN(C(CNC(=O)c2c(F)cccc2Cl)c2scnc2C(F)F)CC1. The van der Waals surface area contributed by atoms with Gasteiger partial charge in [-0.2, -0.15) is 9.38 Å². The lowest BCUT2D eigenvalue weighted by molar-refractivity contribution is 0.0776. The van der Waals surface area contributed by atoms with Crippen LogP contribution in [-0.4, -0.2) is 54.7 Å². The van der Waals surface area contributed by atoms with Crippen LogP contribution < -0.4 is 5.32 Å². The van der Waals surface area contributed by atoms with E-state index in [-0.39, 0.29) is 41.2 Å². The molecule has 1 saturated heterocycles. The van der Waals surface area contributed by atoms with Gasteiger partial charge in [-0.3, -0.25) is 14.7 Å². The molecule has 7 nitrogen and oxygen atoms in total. The van der Waals surface area contributed by atoms with Gasteiger partial charge in [0, 0.05) is 13.5 Å². The molecular weight excluding hydrogens is 534 g/mol. The fraction of sp³-hybridized carbons (Fsp3) is 0.417. The van der Waals surface area contributed by atoms with Gasteiger partial charge in [-0.05, 0) is 50.7 Å². The Balaban J connectivity index is 1.70. The fourth-order valence-electron chi connectivity index (χ4n) is 4.02. The molecular formula is C24H26ClF4N5O2S. The molecule has 1 atom stereocenters. The number of amides is 1. The second-order valence-electron chi connectivity index (χ2n) is 8.27. The van der Waals surface area contributed by atoms with Gasteiger partial charge in [-0.1, -0.05) is 17.7 Å². The van der Waals surface area contributed by atoms with Crippen molar-refractivity contribution in [1.82, 2.24) is 15.2 Å². The van der Waals surface area contributed by atoms with Crippen molar-refractivity contribution < 1.29 is 27.1 Å². The summed E-state index contributed by atoms with van der Waals surface area (Å²) in [6.07, 6.45) is -0.261. The van der Waals surface area contributed by atoms with Crippen LogP contribution in [0.4, 0.5) is 17.6 Å². The maximum atomic E-state index is 14.2. The van der Waals surface area contributed by atoms with Crippen molar-refractivity contribution in [2.45, 2.75) is 32.2 Å². The lowest BCUT2D eigenvalue weighted by Gasteiger charge is -2.37. The first-order chi connectivity index (χ1) is 17.7. The monoisotopic (exact) mass is 559 g/mol. The molecule has 1 fully saturated rings. The molecule has 1 aliphatic heterocycles. The fourth-order valence-corrected chi connectivity index (χ4v) is 5.20. The molecule has 1 unspecified atom stereocenters. The van der Waals surface area contributed by atoms with Gasteiger partial charge in [0.05, 0.1) is 39.8 Å². The normalized spacial score (nSPS) is 16.6. The average molecular weight is 560 g/mol. The summed E-state index contributed by atoms with van der Waals surface area (Å²) in [7, 11) is 0. The first-order valence-electron chi connectivity index (χ1n) is 11.4. The Kier molecular flexibility index (Phi) is 10.6. The zero-order valence-corrected chi connectivity index (χ0v) is 21.5. The maximum Gasteiger partial charge on any atom is 0.281 e. The maximum absolute atomic E-state index is 14.2. The molecule has 3 rings (SSSR count). The van der Waals surface area contributed by atoms with Gasteiger partial charge in [-0.25, -0.2) is 18.2 Å². The summed E-state index contributed by atoms with van der Waals surface area (Å²) in [5.74, 6) is -2.08. The Labute approximate surface area is 220 Å². The first-order valence-corrected chi connectivity index (χ1v) is 12.6. The Morgan fingerprint density at radius 1 is 1.41 bits per heavy atom. The molecule has 1 amide bonds. The van der Waals surface area contributed by atoms with E-state index in [1.807, 2.05) is 4.90 Å². The number of ether oxygens (including phenoxy) is 1. The smallest absolute Gasteiger partial charge is 0.281 e. The standard InChI is InChI=1S/C24H26ClF4N5O2S/c1-14(26)33-19(11-30-2)36-12-15-6-8-34(9-7-15)18(22-21(23(28)29)32-13-37-22)10-31-24(35)20-16(25)4-3-5-17(20)27/h3-5,11,13,15,18,23H,2,6-10,12H2,1H3,(H,31,35)/b19-11+,33-14+. The van der Waals surface area contributed by atoms with Crippen LogP contribution in [-0.2, 0) is 4.74 Å². The van der Waals surface area contributed by atoms with Crippen LogP contribution in [0.25, 0.3) is 0 Å². The number of rotatable bonds is 11. The minimum atomic E-state index is -2.78. The van der Waals surface area contributed by atoms with Crippen molar-refractivity contribution in [3.05, 3.63) is 62.8 Å². The molecule has 200 valence electrons. The summed E-state index contributed by atoms with van der Waals surface area (Å²) in [4.78, 5) is 26.0. The number of nitrogens with one attached hydrogen (secondary N) is 1. The molecule has 0 spiro atoms. The Morgan fingerprint density at radius 2 is 2.14 bits per heavy atom. The number of hydrogen-bond acceptors (Lipinski definition) is 7.